The third-order valence-corrected chi connectivity index (χ3v) is 3.46. The van der Waals surface area contributed by atoms with E-state index in [1.165, 1.54) is 6.26 Å². The Hall–Kier alpha value is -3.42. The number of hydrogen-bond donors (Lipinski definition) is 2. The lowest BCUT2D eigenvalue weighted by molar-refractivity contribution is -0.105. The molecule has 7 nitrogen and oxygen atoms in total. The van der Waals surface area contributed by atoms with Crippen LogP contribution >= 0.6 is 0 Å². The lowest BCUT2D eigenvalue weighted by Crippen LogP contribution is -2.10. The van der Waals surface area contributed by atoms with Gasteiger partial charge in [-0.25, -0.2) is 0 Å². The van der Waals surface area contributed by atoms with Gasteiger partial charge in [0.2, 0.25) is 6.41 Å². The molecule has 3 rings (SSSR count). The van der Waals surface area contributed by atoms with Crippen molar-refractivity contribution >= 4 is 17.9 Å². The minimum Gasteiger partial charge on any atom is -0.497 e. The van der Waals surface area contributed by atoms with Gasteiger partial charge in [-0.05, 0) is 29.8 Å². The van der Waals surface area contributed by atoms with Crippen molar-refractivity contribution in [2.45, 2.75) is 6.54 Å². The molecule has 0 radical (unpaired) electrons. The van der Waals surface area contributed by atoms with Crippen LogP contribution in [0.25, 0.3) is 11.5 Å². The van der Waals surface area contributed by atoms with E-state index >= 15 is 0 Å². The van der Waals surface area contributed by atoms with E-state index in [9.17, 15) is 9.18 Å². The van der Waals surface area contributed by atoms with Crippen molar-refractivity contribution < 1.29 is 18.3 Å². The Kier molecular flexibility index (Phi) is 4.89. The molecule has 0 fully saturated rings. The molecule has 2 N–H and O–H groups in total. The smallest absolute Gasteiger partial charge is 0.311 e. The van der Waals surface area contributed by atoms with Gasteiger partial charge in [0, 0.05) is 6.54 Å². The second-order valence-electron chi connectivity index (χ2n) is 5.01. The molecule has 0 aliphatic rings. The van der Waals surface area contributed by atoms with Gasteiger partial charge in [-0.15, -0.1) is 0 Å². The third kappa shape index (κ3) is 3.74. The molecule has 3 aromatic rings. The van der Waals surface area contributed by atoms with Crippen molar-refractivity contribution in [3.8, 4) is 17.2 Å². The number of nitrogens with zero attached hydrogens (tertiary/aromatic N) is 2. The zero-order valence-electron chi connectivity index (χ0n) is 13.3. The Morgan fingerprint density at radius 3 is 2.68 bits per heavy atom. The molecule has 0 saturated heterocycles. The Morgan fingerprint density at radius 1 is 1.24 bits per heavy atom. The van der Waals surface area contributed by atoms with Gasteiger partial charge in [-0.3, -0.25) is 4.79 Å². The molecule has 2 aromatic heterocycles. The largest absolute Gasteiger partial charge is 0.497 e. The van der Waals surface area contributed by atoms with Crippen LogP contribution in [0.3, 0.4) is 0 Å². The summed E-state index contributed by atoms with van der Waals surface area (Å²) >= 11 is 0. The van der Waals surface area contributed by atoms with Gasteiger partial charge in [0.1, 0.15) is 17.1 Å². The molecule has 25 heavy (non-hydrogen) atoms. The molecule has 128 valence electrons. The van der Waals surface area contributed by atoms with Crippen LogP contribution in [-0.4, -0.2) is 23.5 Å². The van der Waals surface area contributed by atoms with Gasteiger partial charge in [-0.1, -0.05) is 12.1 Å². The zero-order chi connectivity index (χ0) is 17.6. The van der Waals surface area contributed by atoms with Crippen LogP contribution in [0.2, 0.25) is 0 Å². The number of carbonyl (C=O) groups excluding carboxylic acids is 1. The van der Waals surface area contributed by atoms with Crippen molar-refractivity contribution in [2.75, 3.05) is 17.7 Å². The normalized spacial score (nSPS) is 10.3. The molecule has 0 aliphatic heterocycles. The molecule has 0 spiro atoms. The van der Waals surface area contributed by atoms with Gasteiger partial charge >= 0.3 is 6.08 Å². The molecule has 0 atom stereocenters. The SMILES string of the molecule is COc1ccc(CNc2nc(F)nc(-c3ccco3)c2NC=O)cc1. The first-order valence-corrected chi connectivity index (χ1v) is 7.39. The van der Waals surface area contributed by atoms with E-state index in [4.69, 9.17) is 9.15 Å². The fourth-order valence-electron chi connectivity index (χ4n) is 2.28. The van der Waals surface area contributed by atoms with Crippen LogP contribution in [0.4, 0.5) is 15.9 Å². The summed E-state index contributed by atoms with van der Waals surface area (Å²) in [4.78, 5) is 18.4. The van der Waals surface area contributed by atoms with Crippen molar-refractivity contribution in [3.05, 3.63) is 54.3 Å². The number of anilines is 2. The quantitative estimate of drug-likeness (QED) is 0.507. The van der Waals surface area contributed by atoms with Gasteiger partial charge < -0.3 is 19.8 Å². The molecule has 1 aromatic carbocycles. The topological polar surface area (TPSA) is 89.3 Å². The van der Waals surface area contributed by atoms with Crippen molar-refractivity contribution in [1.82, 2.24) is 9.97 Å². The first-order chi connectivity index (χ1) is 12.2. The lowest BCUT2D eigenvalue weighted by Gasteiger charge is -2.13. The van der Waals surface area contributed by atoms with E-state index in [0.29, 0.717) is 18.7 Å². The van der Waals surface area contributed by atoms with E-state index in [2.05, 4.69) is 20.6 Å². The number of hydrogen-bond acceptors (Lipinski definition) is 6. The van der Waals surface area contributed by atoms with Gasteiger partial charge in [0.15, 0.2) is 11.6 Å². The Bertz CT molecular complexity index is 851. The summed E-state index contributed by atoms with van der Waals surface area (Å²) in [5.41, 5.74) is 1.32. The van der Waals surface area contributed by atoms with Crippen LogP contribution in [-0.2, 0) is 11.3 Å². The number of benzene rings is 1. The molecular weight excluding hydrogens is 327 g/mol. The van der Waals surface area contributed by atoms with Crippen molar-refractivity contribution in [1.29, 1.82) is 0 Å². The molecule has 0 aliphatic carbocycles. The van der Waals surface area contributed by atoms with Crippen LogP contribution in [0.15, 0.2) is 47.1 Å². The summed E-state index contributed by atoms with van der Waals surface area (Å²) < 4.78 is 24.2. The summed E-state index contributed by atoms with van der Waals surface area (Å²) in [6.45, 7) is 0.367. The minimum atomic E-state index is -0.930. The van der Waals surface area contributed by atoms with E-state index in [0.717, 1.165) is 11.3 Å². The van der Waals surface area contributed by atoms with Crippen LogP contribution in [0.1, 0.15) is 5.56 Å². The van der Waals surface area contributed by atoms with E-state index in [-0.39, 0.29) is 17.2 Å². The van der Waals surface area contributed by atoms with Crippen LogP contribution in [0, 0.1) is 6.08 Å². The Balaban J connectivity index is 1.90. The standard InChI is InChI=1S/C17H15FN4O3/c1-24-12-6-4-11(5-7-12)9-19-16-15(20-10-23)14(21-17(18)22-16)13-3-2-8-25-13/h2-8,10H,9H2,1H3,(H,20,23)(H,19,21,22). The third-order valence-electron chi connectivity index (χ3n) is 3.46. The first kappa shape index (κ1) is 16.4. The number of furan rings is 1. The number of carbonyl (C=O) groups is 1. The van der Waals surface area contributed by atoms with Crippen LogP contribution < -0.4 is 15.4 Å². The molecular formula is C17H15FN4O3. The fraction of sp³-hybridized carbons (Fsp3) is 0.118. The summed E-state index contributed by atoms with van der Waals surface area (Å²) in [6.07, 6.45) is 0.978. The monoisotopic (exact) mass is 342 g/mol. The number of amides is 1. The lowest BCUT2D eigenvalue weighted by atomic mass is 10.2. The number of nitrogens with one attached hydrogen (secondary N) is 2. The van der Waals surface area contributed by atoms with Gasteiger partial charge in [0.05, 0.1) is 13.4 Å². The first-order valence-electron chi connectivity index (χ1n) is 7.39. The number of ether oxygens (including phenoxy) is 1. The van der Waals surface area contributed by atoms with E-state index < -0.39 is 6.08 Å². The van der Waals surface area contributed by atoms with E-state index in [1.807, 2.05) is 24.3 Å². The highest BCUT2D eigenvalue weighted by Crippen LogP contribution is 2.31. The van der Waals surface area contributed by atoms with Crippen molar-refractivity contribution in [3.63, 3.8) is 0 Å². The molecule has 0 unspecified atom stereocenters. The maximum atomic E-state index is 13.8. The molecule has 2 heterocycles. The second-order valence-corrected chi connectivity index (χ2v) is 5.01. The minimum absolute atomic E-state index is 0.154. The molecule has 0 bridgehead atoms. The summed E-state index contributed by atoms with van der Waals surface area (Å²) in [7, 11) is 1.59. The second kappa shape index (κ2) is 7.43. The maximum absolute atomic E-state index is 13.8. The van der Waals surface area contributed by atoms with Gasteiger partial charge in [-0.2, -0.15) is 14.4 Å². The Morgan fingerprint density at radius 2 is 2.04 bits per heavy atom. The fourth-order valence-corrected chi connectivity index (χ4v) is 2.28. The molecule has 0 saturated carbocycles. The number of rotatable bonds is 7. The maximum Gasteiger partial charge on any atom is 0.311 e. The summed E-state index contributed by atoms with van der Waals surface area (Å²) in [6, 6.07) is 10.6. The Labute approximate surface area is 142 Å². The average molecular weight is 342 g/mol. The zero-order valence-corrected chi connectivity index (χ0v) is 13.3. The predicted molar refractivity (Wildman–Crippen MR) is 89.7 cm³/mol. The average Bonchev–Trinajstić information content (AvgIpc) is 3.16. The molecule has 8 heteroatoms. The van der Waals surface area contributed by atoms with Gasteiger partial charge in [0.25, 0.3) is 0 Å². The molecule has 1 amide bonds. The summed E-state index contributed by atoms with van der Waals surface area (Å²) in [5, 5.41) is 5.50. The number of halogens is 1. The highest BCUT2D eigenvalue weighted by molar-refractivity contribution is 5.88. The van der Waals surface area contributed by atoms with Crippen LogP contribution in [0.5, 0.6) is 5.75 Å². The number of methoxy groups -OCH3 is 1. The predicted octanol–water partition coefficient (Wildman–Crippen LogP) is 3.06. The van der Waals surface area contributed by atoms with E-state index in [1.54, 1.807) is 19.2 Å². The highest BCUT2D eigenvalue weighted by Gasteiger charge is 2.17. The number of aromatic nitrogens is 2. The van der Waals surface area contributed by atoms with Crippen molar-refractivity contribution in [2.24, 2.45) is 0 Å². The highest BCUT2D eigenvalue weighted by atomic mass is 19.1. The summed E-state index contributed by atoms with van der Waals surface area (Å²) in [5.74, 6) is 1.21.